The standard InChI is InChI=1S/C16H15N3O4S2/c17-25(21,22)15-6-4-11(24-15)8-14(20)18-10-3-5-13-12(7-10)19-16(23-13)9-1-2-9/h3-7,9H,1-2,8H2,(H,18,20)(H2,17,21,22). The molecule has 4 rings (SSSR count). The number of nitrogens with zero attached hydrogens (tertiary/aromatic N) is 1. The molecular weight excluding hydrogens is 362 g/mol. The van der Waals surface area contributed by atoms with Gasteiger partial charge in [-0.15, -0.1) is 11.3 Å². The second kappa shape index (κ2) is 5.94. The van der Waals surface area contributed by atoms with Gasteiger partial charge in [0.25, 0.3) is 0 Å². The molecule has 1 saturated carbocycles. The van der Waals surface area contributed by atoms with Crippen molar-refractivity contribution in [3.63, 3.8) is 0 Å². The highest BCUT2D eigenvalue weighted by atomic mass is 32.2. The summed E-state index contributed by atoms with van der Waals surface area (Å²) in [5, 5.41) is 7.86. The van der Waals surface area contributed by atoms with Gasteiger partial charge in [0.2, 0.25) is 15.9 Å². The van der Waals surface area contributed by atoms with Crippen LogP contribution >= 0.6 is 11.3 Å². The number of carbonyl (C=O) groups excluding carboxylic acids is 1. The van der Waals surface area contributed by atoms with Gasteiger partial charge in [0.1, 0.15) is 9.73 Å². The minimum Gasteiger partial charge on any atom is -0.440 e. The Bertz CT molecular complexity index is 1060. The number of sulfonamides is 1. The largest absolute Gasteiger partial charge is 0.440 e. The normalized spacial score (nSPS) is 14.8. The van der Waals surface area contributed by atoms with Crippen molar-refractivity contribution in [2.45, 2.75) is 29.4 Å². The lowest BCUT2D eigenvalue weighted by molar-refractivity contribution is -0.115. The molecule has 2 heterocycles. The molecule has 3 N–H and O–H groups in total. The van der Waals surface area contributed by atoms with Crippen LogP contribution in [-0.4, -0.2) is 19.3 Å². The fraction of sp³-hybridized carbons (Fsp3) is 0.250. The van der Waals surface area contributed by atoms with Crippen LogP contribution in [0.4, 0.5) is 5.69 Å². The molecule has 130 valence electrons. The lowest BCUT2D eigenvalue weighted by Gasteiger charge is -2.03. The van der Waals surface area contributed by atoms with Gasteiger partial charge in [0.15, 0.2) is 11.5 Å². The lowest BCUT2D eigenvalue weighted by atomic mass is 10.2. The summed E-state index contributed by atoms with van der Waals surface area (Å²) >= 11 is 0.994. The monoisotopic (exact) mass is 377 g/mol. The van der Waals surface area contributed by atoms with E-state index in [2.05, 4.69) is 10.3 Å². The first-order chi connectivity index (χ1) is 11.9. The number of nitrogens with two attached hydrogens (primary N) is 1. The number of thiophene rings is 1. The van der Waals surface area contributed by atoms with Crippen molar-refractivity contribution in [2.75, 3.05) is 5.32 Å². The number of amides is 1. The smallest absolute Gasteiger partial charge is 0.247 e. The molecule has 7 nitrogen and oxygen atoms in total. The van der Waals surface area contributed by atoms with E-state index < -0.39 is 10.0 Å². The zero-order valence-electron chi connectivity index (χ0n) is 13.1. The molecule has 0 aliphatic heterocycles. The van der Waals surface area contributed by atoms with E-state index in [0.717, 1.165) is 30.1 Å². The molecule has 1 aliphatic carbocycles. The Hall–Kier alpha value is -2.23. The number of oxazole rings is 1. The van der Waals surface area contributed by atoms with Gasteiger partial charge < -0.3 is 9.73 Å². The van der Waals surface area contributed by atoms with Crippen molar-refractivity contribution >= 4 is 44.1 Å². The maximum absolute atomic E-state index is 12.2. The molecular formula is C16H15N3O4S2. The highest BCUT2D eigenvalue weighted by Gasteiger charge is 2.28. The molecule has 1 amide bonds. The van der Waals surface area contributed by atoms with Gasteiger partial charge >= 0.3 is 0 Å². The van der Waals surface area contributed by atoms with Crippen LogP contribution in [0.3, 0.4) is 0 Å². The van der Waals surface area contributed by atoms with Crippen LogP contribution in [0.25, 0.3) is 11.1 Å². The molecule has 0 spiro atoms. The van der Waals surface area contributed by atoms with Crippen LogP contribution in [0.1, 0.15) is 29.5 Å². The van der Waals surface area contributed by atoms with E-state index in [1.807, 2.05) is 0 Å². The zero-order chi connectivity index (χ0) is 17.6. The number of carbonyl (C=O) groups is 1. The second-order valence-corrected chi connectivity index (χ2v) is 8.96. The minimum absolute atomic E-state index is 0.0481. The summed E-state index contributed by atoms with van der Waals surface area (Å²) in [7, 11) is -3.73. The van der Waals surface area contributed by atoms with Gasteiger partial charge in [-0.05, 0) is 43.2 Å². The number of nitrogens with one attached hydrogen (secondary N) is 1. The van der Waals surface area contributed by atoms with Crippen LogP contribution in [0.5, 0.6) is 0 Å². The van der Waals surface area contributed by atoms with Crippen molar-refractivity contribution in [3.05, 3.63) is 41.1 Å². The molecule has 9 heteroatoms. The van der Waals surface area contributed by atoms with Crippen molar-refractivity contribution in [1.82, 2.24) is 4.98 Å². The molecule has 0 unspecified atom stereocenters. The molecule has 1 aromatic carbocycles. The molecule has 0 saturated heterocycles. The summed E-state index contributed by atoms with van der Waals surface area (Å²) in [6.07, 6.45) is 2.29. The van der Waals surface area contributed by atoms with E-state index in [0.29, 0.717) is 27.6 Å². The molecule has 1 fully saturated rings. The summed E-state index contributed by atoms with van der Waals surface area (Å²) < 4.78 is 28.3. The van der Waals surface area contributed by atoms with E-state index in [9.17, 15) is 13.2 Å². The van der Waals surface area contributed by atoms with E-state index in [-0.39, 0.29) is 16.5 Å². The first-order valence-corrected chi connectivity index (χ1v) is 10.1. The zero-order valence-corrected chi connectivity index (χ0v) is 14.7. The van der Waals surface area contributed by atoms with Gasteiger partial charge in [-0.3, -0.25) is 4.79 Å². The SMILES string of the molecule is NS(=O)(=O)c1ccc(CC(=O)Nc2ccc3oc(C4CC4)nc3c2)s1. The lowest BCUT2D eigenvalue weighted by Crippen LogP contribution is -2.13. The third-order valence-electron chi connectivity index (χ3n) is 3.87. The van der Waals surface area contributed by atoms with Crippen LogP contribution < -0.4 is 10.5 Å². The third kappa shape index (κ3) is 3.58. The number of rotatable bonds is 5. The Morgan fingerprint density at radius 2 is 2.12 bits per heavy atom. The summed E-state index contributed by atoms with van der Waals surface area (Å²) in [5.74, 6) is 0.943. The molecule has 0 atom stereocenters. The van der Waals surface area contributed by atoms with E-state index in [1.165, 1.54) is 6.07 Å². The molecule has 2 aromatic heterocycles. The van der Waals surface area contributed by atoms with Crippen LogP contribution in [0.15, 0.2) is 39.0 Å². The van der Waals surface area contributed by atoms with E-state index >= 15 is 0 Å². The minimum atomic E-state index is -3.73. The average Bonchev–Trinajstić information content (AvgIpc) is 3.12. The maximum Gasteiger partial charge on any atom is 0.247 e. The molecule has 1 aliphatic rings. The summed E-state index contributed by atoms with van der Waals surface area (Å²) in [6, 6.07) is 8.31. The summed E-state index contributed by atoms with van der Waals surface area (Å²) in [6.45, 7) is 0. The number of primary sulfonamides is 1. The van der Waals surface area contributed by atoms with Crippen LogP contribution in [0, 0.1) is 0 Å². The summed E-state index contributed by atoms with van der Waals surface area (Å²) in [5.41, 5.74) is 2.04. The van der Waals surface area contributed by atoms with Crippen LogP contribution in [0.2, 0.25) is 0 Å². The maximum atomic E-state index is 12.2. The highest BCUT2D eigenvalue weighted by Crippen LogP contribution is 2.40. The predicted octanol–water partition coefficient (Wildman–Crippen LogP) is 2.60. The number of fused-ring (bicyclic) bond motifs is 1. The molecule has 0 radical (unpaired) electrons. The van der Waals surface area contributed by atoms with Gasteiger partial charge in [-0.1, -0.05) is 0 Å². The predicted molar refractivity (Wildman–Crippen MR) is 94.0 cm³/mol. The quantitative estimate of drug-likeness (QED) is 0.709. The first kappa shape index (κ1) is 16.2. The van der Waals surface area contributed by atoms with E-state index in [1.54, 1.807) is 24.3 Å². The van der Waals surface area contributed by atoms with Gasteiger partial charge in [-0.25, -0.2) is 18.5 Å². The van der Waals surface area contributed by atoms with Crippen molar-refractivity contribution in [1.29, 1.82) is 0 Å². The Labute approximate surface area is 147 Å². The van der Waals surface area contributed by atoms with Crippen molar-refractivity contribution in [3.8, 4) is 0 Å². The number of hydrogen-bond acceptors (Lipinski definition) is 6. The topological polar surface area (TPSA) is 115 Å². The first-order valence-electron chi connectivity index (χ1n) is 7.70. The molecule has 25 heavy (non-hydrogen) atoms. The number of benzene rings is 1. The molecule has 3 aromatic rings. The summed E-state index contributed by atoms with van der Waals surface area (Å²) in [4.78, 5) is 17.3. The van der Waals surface area contributed by atoms with Gasteiger partial charge in [0.05, 0.1) is 6.42 Å². The fourth-order valence-electron chi connectivity index (χ4n) is 2.50. The van der Waals surface area contributed by atoms with Gasteiger partial charge in [0, 0.05) is 16.5 Å². The Morgan fingerprint density at radius 3 is 2.80 bits per heavy atom. The average molecular weight is 377 g/mol. The second-order valence-electron chi connectivity index (χ2n) is 6.00. The van der Waals surface area contributed by atoms with Crippen molar-refractivity contribution < 1.29 is 17.6 Å². The Kier molecular flexibility index (Phi) is 3.86. The Morgan fingerprint density at radius 1 is 1.32 bits per heavy atom. The van der Waals surface area contributed by atoms with E-state index in [4.69, 9.17) is 9.56 Å². The fourth-order valence-corrected chi connectivity index (χ4v) is 4.27. The molecule has 0 bridgehead atoms. The van der Waals surface area contributed by atoms with Gasteiger partial charge in [-0.2, -0.15) is 0 Å². The third-order valence-corrected chi connectivity index (χ3v) is 6.39. The number of aromatic nitrogens is 1. The number of hydrogen-bond donors (Lipinski definition) is 2. The number of anilines is 1. The van der Waals surface area contributed by atoms with Crippen molar-refractivity contribution in [2.24, 2.45) is 5.14 Å². The Balaban J connectivity index is 1.46. The highest BCUT2D eigenvalue weighted by molar-refractivity contribution is 7.91. The van der Waals surface area contributed by atoms with Crippen LogP contribution in [-0.2, 0) is 21.2 Å².